The minimum absolute atomic E-state index is 0.124. The SMILES string of the molecule is COc1ccc(CC(=O)N[C@@H](C)c2nnc(SCC(=O)Nc3cccc(Cl)c3)n2C)cc1. The Balaban J connectivity index is 1.52. The third-order valence-corrected chi connectivity index (χ3v) is 5.85. The Morgan fingerprint density at radius 2 is 1.91 bits per heavy atom. The Morgan fingerprint density at radius 3 is 2.59 bits per heavy atom. The lowest BCUT2D eigenvalue weighted by molar-refractivity contribution is -0.121. The van der Waals surface area contributed by atoms with E-state index in [0.717, 1.165) is 11.3 Å². The van der Waals surface area contributed by atoms with Crippen molar-refractivity contribution in [1.82, 2.24) is 20.1 Å². The molecule has 2 N–H and O–H groups in total. The molecule has 32 heavy (non-hydrogen) atoms. The van der Waals surface area contributed by atoms with Crippen LogP contribution in [0.1, 0.15) is 24.4 Å². The van der Waals surface area contributed by atoms with Crippen molar-refractivity contribution in [3.05, 3.63) is 64.9 Å². The van der Waals surface area contributed by atoms with Crippen LogP contribution in [0.2, 0.25) is 5.02 Å². The minimum atomic E-state index is -0.340. The highest BCUT2D eigenvalue weighted by Gasteiger charge is 2.18. The van der Waals surface area contributed by atoms with Crippen molar-refractivity contribution in [1.29, 1.82) is 0 Å². The molecule has 0 radical (unpaired) electrons. The molecule has 0 aliphatic rings. The van der Waals surface area contributed by atoms with Crippen molar-refractivity contribution in [2.45, 2.75) is 24.5 Å². The molecule has 0 bridgehead atoms. The van der Waals surface area contributed by atoms with E-state index in [1.54, 1.807) is 43.0 Å². The lowest BCUT2D eigenvalue weighted by atomic mass is 10.1. The number of thioether (sulfide) groups is 1. The molecule has 1 heterocycles. The van der Waals surface area contributed by atoms with Gasteiger partial charge in [0.25, 0.3) is 0 Å². The number of hydrogen-bond donors (Lipinski definition) is 2. The Bertz CT molecular complexity index is 1090. The van der Waals surface area contributed by atoms with Crippen molar-refractivity contribution in [2.24, 2.45) is 7.05 Å². The van der Waals surface area contributed by atoms with Gasteiger partial charge in [0, 0.05) is 17.8 Å². The number of nitrogens with one attached hydrogen (secondary N) is 2. The third kappa shape index (κ3) is 6.48. The summed E-state index contributed by atoms with van der Waals surface area (Å²) in [4.78, 5) is 24.6. The monoisotopic (exact) mass is 473 g/mol. The maximum atomic E-state index is 12.4. The van der Waals surface area contributed by atoms with Crippen molar-refractivity contribution in [2.75, 3.05) is 18.2 Å². The van der Waals surface area contributed by atoms with E-state index in [9.17, 15) is 9.59 Å². The zero-order valence-electron chi connectivity index (χ0n) is 18.0. The van der Waals surface area contributed by atoms with E-state index < -0.39 is 0 Å². The van der Waals surface area contributed by atoms with E-state index in [1.165, 1.54) is 11.8 Å². The van der Waals surface area contributed by atoms with Gasteiger partial charge in [-0.1, -0.05) is 41.6 Å². The maximum Gasteiger partial charge on any atom is 0.234 e. The molecule has 0 unspecified atom stereocenters. The first-order chi connectivity index (χ1) is 15.4. The fourth-order valence-electron chi connectivity index (χ4n) is 3.01. The number of nitrogens with zero attached hydrogens (tertiary/aromatic N) is 3. The highest BCUT2D eigenvalue weighted by molar-refractivity contribution is 7.99. The number of carbonyl (C=O) groups excluding carboxylic acids is 2. The molecule has 2 amide bonds. The predicted octanol–water partition coefficient (Wildman–Crippen LogP) is 3.63. The smallest absolute Gasteiger partial charge is 0.234 e. The van der Waals surface area contributed by atoms with Gasteiger partial charge in [0.15, 0.2) is 11.0 Å². The van der Waals surface area contributed by atoms with E-state index in [2.05, 4.69) is 20.8 Å². The lowest BCUT2D eigenvalue weighted by Crippen LogP contribution is -2.29. The molecule has 3 aromatic rings. The van der Waals surface area contributed by atoms with Gasteiger partial charge in [0.1, 0.15) is 5.75 Å². The first-order valence-corrected chi connectivity index (χ1v) is 11.2. The zero-order chi connectivity index (χ0) is 23.1. The Kier molecular flexibility index (Phi) is 8.13. The van der Waals surface area contributed by atoms with Crippen LogP contribution in [0.25, 0.3) is 0 Å². The molecule has 3 rings (SSSR count). The Hall–Kier alpha value is -3.04. The number of amides is 2. The van der Waals surface area contributed by atoms with Crippen molar-refractivity contribution >= 4 is 40.9 Å². The van der Waals surface area contributed by atoms with Gasteiger partial charge in [0.2, 0.25) is 11.8 Å². The fraction of sp³-hybridized carbons (Fsp3) is 0.273. The van der Waals surface area contributed by atoms with Crippen LogP contribution in [0.3, 0.4) is 0 Å². The lowest BCUT2D eigenvalue weighted by Gasteiger charge is -2.14. The highest BCUT2D eigenvalue weighted by Crippen LogP contribution is 2.20. The number of benzene rings is 2. The molecule has 1 atom stereocenters. The van der Waals surface area contributed by atoms with Crippen LogP contribution in [0, 0.1) is 0 Å². The first kappa shape index (κ1) is 23.6. The van der Waals surface area contributed by atoms with Gasteiger partial charge in [-0.3, -0.25) is 9.59 Å². The van der Waals surface area contributed by atoms with Crippen LogP contribution >= 0.6 is 23.4 Å². The summed E-state index contributed by atoms with van der Waals surface area (Å²) >= 11 is 7.20. The second-order valence-corrected chi connectivity index (χ2v) is 8.44. The molecule has 0 saturated carbocycles. The standard InChI is InChI=1S/C22H24ClN5O3S/c1-14(24-19(29)11-15-7-9-18(31-3)10-8-15)21-26-27-22(28(21)2)32-13-20(30)25-17-6-4-5-16(23)12-17/h4-10,12,14H,11,13H2,1-3H3,(H,24,29)(H,25,30)/t14-/m0/s1. The summed E-state index contributed by atoms with van der Waals surface area (Å²) in [5, 5.41) is 15.2. The molecule has 168 valence electrons. The number of hydrogen-bond acceptors (Lipinski definition) is 6. The van der Waals surface area contributed by atoms with Crippen LogP contribution in [0.15, 0.2) is 53.7 Å². The summed E-state index contributed by atoms with van der Waals surface area (Å²) < 4.78 is 6.90. The van der Waals surface area contributed by atoms with Crippen LogP contribution < -0.4 is 15.4 Å². The second-order valence-electron chi connectivity index (χ2n) is 7.06. The van der Waals surface area contributed by atoms with Crippen LogP contribution in [-0.4, -0.2) is 39.4 Å². The summed E-state index contributed by atoms with van der Waals surface area (Å²) in [6.45, 7) is 1.84. The molecule has 0 aliphatic heterocycles. The molecule has 8 nitrogen and oxygen atoms in total. The summed E-state index contributed by atoms with van der Waals surface area (Å²) in [5.74, 6) is 1.21. The van der Waals surface area contributed by atoms with Crippen LogP contribution in [0.5, 0.6) is 5.75 Å². The quantitative estimate of drug-likeness (QED) is 0.460. The molecule has 10 heteroatoms. The van der Waals surface area contributed by atoms with Crippen molar-refractivity contribution in [3.8, 4) is 5.75 Å². The molecular formula is C22H24ClN5O3S. The van der Waals surface area contributed by atoms with Crippen LogP contribution in [-0.2, 0) is 23.1 Å². The number of methoxy groups -OCH3 is 1. The van der Waals surface area contributed by atoms with E-state index in [4.69, 9.17) is 16.3 Å². The number of carbonyl (C=O) groups is 2. The summed E-state index contributed by atoms with van der Waals surface area (Å²) in [5.41, 5.74) is 1.52. The molecule has 0 aliphatic carbocycles. The Morgan fingerprint density at radius 1 is 1.16 bits per heavy atom. The topological polar surface area (TPSA) is 98.1 Å². The number of halogens is 1. The number of aromatic nitrogens is 3. The largest absolute Gasteiger partial charge is 0.497 e. The summed E-state index contributed by atoms with van der Waals surface area (Å²) in [6.07, 6.45) is 0.247. The van der Waals surface area contributed by atoms with Gasteiger partial charge in [-0.15, -0.1) is 10.2 Å². The van der Waals surface area contributed by atoms with Gasteiger partial charge in [-0.25, -0.2) is 0 Å². The molecule has 2 aromatic carbocycles. The third-order valence-electron chi connectivity index (χ3n) is 4.60. The second kappa shape index (κ2) is 11.0. The number of rotatable bonds is 9. The molecular weight excluding hydrogens is 450 g/mol. The number of ether oxygens (including phenoxy) is 1. The molecule has 0 spiro atoms. The van der Waals surface area contributed by atoms with Gasteiger partial charge in [-0.2, -0.15) is 0 Å². The fourth-order valence-corrected chi connectivity index (χ4v) is 3.92. The van der Waals surface area contributed by atoms with Crippen molar-refractivity contribution < 1.29 is 14.3 Å². The van der Waals surface area contributed by atoms with E-state index in [0.29, 0.717) is 21.7 Å². The normalized spacial score (nSPS) is 11.6. The van der Waals surface area contributed by atoms with Gasteiger partial charge in [-0.05, 0) is 42.8 Å². The maximum absolute atomic E-state index is 12.4. The molecule has 0 fully saturated rings. The first-order valence-electron chi connectivity index (χ1n) is 9.85. The van der Waals surface area contributed by atoms with Gasteiger partial charge < -0.3 is 19.9 Å². The minimum Gasteiger partial charge on any atom is -0.497 e. The Labute approximate surface area is 195 Å². The van der Waals surface area contributed by atoms with E-state index in [-0.39, 0.29) is 30.0 Å². The highest BCUT2D eigenvalue weighted by atomic mass is 35.5. The van der Waals surface area contributed by atoms with Gasteiger partial charge in [0.05, 0.1) is 25.3 Å². The van der Waals surface area contributed by atoms with Crippen molar-refractivity contribution in [3.63, 3.8) is 0 Å². The van der Waals surface area contributed by atoms with E-state index >= 15 is 0 Å². The van der Waals surface area contributed by atoms with E-state index in [1.807, 2.05) is 31.2 Å². The summed E-state index contributed by atoms with van der Waals surface area (Å²) in [6, 6.07) is 14.0. The zero-order valence-corrected chi connectivity index (χ0v) is 19.5. The van der Waals surface area contributed by atoms with Crippen LogP contribution in [0.4, 0.5) is 5.69 Å². The van der Waals surface area contributed by atoms with Gasteiger partial charge >= 0.3 is 0 Å². The number of anilines is 1. The average molecular weight is 474 g/mol. The average Bonchev–Trinajstić information content (AvgIpc) is 3.13. The summed E-state index contributed by atoms with van der Waals surface area (Å²) in [7, 11) is 3.40. The molecule has 1 aromatic heterocycles. The molecule has 0 saturated heterocycles. The predicted molar refractivity (Wildman–Crippen MR) is 125 cm³/mol.